The maximum Gasteiger partial charge on any atom is 0.242 e. The van der Waals surface area contributed by atoms with Crippen LogP contribution in [0.3, 0.4) is 0 Å². The molecule has 1 heterocycles. The van der Waals surface area contributed by atoms with E-state index >= 15 is 0 Å². The molecule has 0 atom stereocenters. The smallest absolute Gasteiger partial charge is 0.242 e. The highest BCUT2D eigenvalue weighted by molar-refractivity contribution is 5.84. The molecule has 2 rings (SSSR count). The van der Waals surface area contributed by atoms with Gasteiger partial charge in [-0.2, -0.15) is 0 Å². The lowest BCUT2D eigenvalue weighted by molar-refractivity contribution is -0.142. The van der Waals surface area contributed by atoms with Gasteiger partial charge in [-0.1, -0.05) is 51.2 Å². The van der Waals surface area contributed by atoms with Crippen LogP contribution >= 0.6 is 0 Å². The van der Waals surface area contributed by atoms with Gasteiger partial charge in [-0.05, 0) is 36.2 Å². The number of carbonyl (C=O) groups is 2. The molecule has 2 aromatic rings. The summed E-state index contributed by atoms with van der Waals surface area (Å²) < 4.78 is 23.9. The monoisotopic (exact) mass is 460 g/mol. The van der Waals surface area contributed by atoms with Gasteiger partial charge in [0.25, 0.3) is 0 Å². The first-order valence-electron chi connectivity index (χ1n) is 11.8. The van der Waals surface area contributed by atoms with Crippen molar-refractivity contribution in [1.82, 2.24) is 9.80 Å². The van der Waals surface area contributed by atoms with Crippen LogP contribution in [0, 0.1) is 5.82 Å². The van der Waals surface area contributed by atoms with E-state index in [4.69, 9.17) is 9.15 Å². The van der Waals surface area contributed by atoms with E-state index in [9.17, 15) is 14.0 Å². The Morgan fingerprint density at radius 1 is 0.939 bits per heavy atom. The second-order valence-electron chi connectivity index (χ2n) is 8.28. The molecule has 0 N–H and O–H groups in total. The number of amides is 2. The maximum atomic E-state index is 13.3. The van der Waals surface area contributed by atoms with Crippen molar-refractivity contribution >= 4 is 11.8 Å². The fourth-order valence-corrected chi connectivity index (χ4v) is 3.60. The average Bonchev–Trinajstić information content (AvgIpc) is 3.32. The van der Waals surface area contributed by atoms with Crippen LogP contribution in [0.5, 0.6) is 0 Å². The van der Waals surface area contributed by atoms with Crippen molar-refractivity contribution in [2.24, 2.45) is 0 Å². The first-order chi connectivity index (χ1) is 16.0. The van der Waals surface area contributed by atoms with Crippen LogP contribution in [0.4, 0.5) is 4.39 Å². The lowest BCUT2D eigenvalue weighted by atomic mass is 10.1. The third-order valence-corrected chi connectivity index (χ3v) is 5.55. The SMILES string of the molecule is CCCCCCCCC(=O)N(CCOC)CC(=O)N(Cc1ccc(F)cc1)Cc1ccco1. The summed E-state index contributed by atoms with van der Waals surface area (Å²) in [5.74, 6) is 0.0970. The third-order valence-electron chi connectivity index (χ3n) is 5.55. The van der Waals surface area contributed by atoms with Crippen LogP contribution in [0.2, 0.25) is 0 Å². The molecule has 0 aliphatic heterocycles. The number of carbonyl (C=O) groups excluding carboxylic acids is 2. The fourth-order valence-electron chi connectivity index (χ4n) is 3.60. The van der Waals surface area contributed by atoms with Crippen molar-refractivity contribution in [3.8, 4) is 0 Å². The number of nitrogens with zero attached hydrogens (tertiary/aromatic N) is 2. The maximum absolute atomic E-state index is 13.3. The van der Waals surface area contributed by atoms with Crippen molar-refractivity contribution in [3.63, 3.8) is 0 Å². The summed E-state index contributed by atoms with van der Waals surface area (Å²) in [6.45, 7) is 3.45. The number of benzene rings is 1. The zero-order valence-electron chi connectivity index (χ0n) is 19.9. The van der Waals surface area contributed by atoms with Gasteiger partial charge >= 0.3 is 0 Å². The van der Waals surface area contributed by atoms with Gasteiger partial charge in [0.15, 0.2) is 0 Å². The summed E-state index contributed by atoms with van der Waals surface area (Å²) in [5.41, 5.74) is 0.804. The molecule has 0 bridgehead atoms. The van der Waals surface area contributed by atoms with Crippen LogP contribution in [0.1, 0.15) is 63.2 Å². The predicted molar refractivity (Wildman–Crippen MR) is 126 cm³/mol. The molecule has 6 nitrogen and oxygen atoms in total. The zero-order valence-corrected chi connectivity index (χ0v) is 19.9. The van der Waals surface area contributed by atoms with Crippen LogP contribution in [-0.4, -0.2) is 48.4 Å². The molecule has 0 saturated heterocycles. The van der Waals surface area contributed by atoms with E-state index in [2.05, 4.69) is 6.92 Å². The van der Waals surface area contributed by atoms with E-state index in [1.54, 1.807) is 47.4 Å². The second-order valence-corrected chi connectivity index (χ2v) is 8.28. The molecule has 0 radical (unpaired) electrons. The first-order valence-corrected chi connectivity index (χ1v) is 11.8. The molecular weight excluding hydrogens is 423 g/mol. The molecule has 0 aliphatic carbocycles. The molecule has 0 spiro atoms. The summed E-state index contributed by atoms with van der Waals surface area (Å²) in [4.78, 5) is 29.3. The van der Waals surface area contributed by atoms with E-state index in [0.717, 1.165) is 24.8 Å². The van der Waals surface area contributed by atoms with Crippen molar-refractivity contribution in [3.05, 3.63) is 59.8 Å². The minimum atomic E-state index is -0.325. The van der Waals surface area contributed by atoms with E-state index < -0.39 is 0 Å². The Kier molecular flexibility index (Phi) is 12.3. The van der Waals surface area contributed by atoms with Crippen molar-refractivity contribution in [2.45, 2.75) is 65.0 Å². The highest BCUT2D eigenvalue weighted by atomic mass is 19.1. The molecule has 33 heavy (non-hydrogen) atoms. The van der Waals surface area contributed by atoms with Gasteiger partial charge in [-0.25, -0.2) is 4.39 Å². The molecule has 0 aliphatic rings. The molecule has 7 heteroatoms. The van der Waals surface area contributed by atoms with Crippen molar-refractivity contribution in [1.29, 1.82) is 0 Å². The Hall–Kier alpha value is -2.67. The second kappa shape index (κ2) is 15.2. The molecule has 2 amide bonds. The highest BCUT2D eigenvalue weighted by Gasteiger charge is 2.22. The number of hydrogen-bond acceptors (Lipinski definition) is 4. The number of rotatable bonds is 16. The topological polar surface area (TPSA) is 63.0 Å². The van der Waals surface area contributed by atoms with Crippen molar-refractivity contribution < 1.29 is 23.1 Å². The lowest BCUT2D eigenvalue weighted by Gasteiger charge is -2.27. The lowest BCUT2D eigenvalue weighted by Crippen LogP contribution is -2.43. The van der Waals surface area contributed by atoms with Crippen LogP contribution in [0.25, 0.3) is 0 Å². The van der Waals surface area contributed by atoms with Gasteiger partial charge in [0, 0.05) is 26.6 Å². The summed E-state index contributed by atoms with van der Waals surface area (Å²) in [7, 11) is 1.58. The molecule has 1 aromatic carbocycles. The van der Waals surface area contributed by atoms with Crippen LogP contribution < -0.4 is 0 Å². The number of hydrogen-bond donors (Lipinski definition) is 0. The van der Waals surface area contributed by atoms with E-state index in [0.29, 0.717) is 31.9 Å². The quantitative estimate of drug-likeness (QED) is 0.324. The minimum Gasteiger partial charge on any atom is -0.467 e. The first kappa shape index (κ1) is 26.6. The third kappa shape index (κ3) is 10.2. The summed E-state index contributed by atoms with van der Waals surface area (Å²) in [6, 6.07) is 9.63. The Balaban J connectivity index is 2.00. The average molecular weight is 461 g/mol. The predicted octanol–water partition coefficient (Wildman–Crippen LogP) is 5.17. The Morgan fingerprint density at radius 3 is 2.33 bits per heavy atom. The van der Waals surface area contributed by atoms with E-state index in [1.165, 1.54) is 31.4 Å². The Labute approximate surface area is 196 Å². The minimum absolute atomic E-state index is 0.0278. The van der Waals surface area contributed by atoms with Gasteiger partial charge in [0.05, 0.1) is 26.0 Å². The van der Waals surface area contributed by atoms with Crippen molar-refractivity contribution in [2.75, 3.05) is 26.8 Å². The van der Waals surface area contributed by atoms with E-state index in [1.807, 2.05) is 0 Å². The van der Waals surface area contributed by atoms with E-state index in [-0.39, 0.29) is 30.7 Å². The standard InChI is InChI=1S/C26H37FN2O4/c1-3-4-5-6-7-8-11-25(30)28(16-18-32-2)21-26(31)29(20-24-10-9-17-33-24)19-22-12-14-23(27)15-13-22/h9-10,12-15,17H,3-8,11,16,18-21H2,1-2H3. The van der Waals surface area contributed by atoms with Gasteiger partial charge in [-0.3, -0.25) is 9.59 Å². The summed E-state index contributed by atoms with van der Waals surface area (Å²) >= 11 is 0. The summed E-state index contributed by atoms with van der Waals surface area (Å²) in [6.07, 6.45) is 8.58. The fraction of sp³-hybridized carbons (Fsp3) is 0.538. The molecule has 0 unspecified atom stereocenters. The van der Waals surface area contributed by atoms with Crippen LogP contribution in [0.15, 0.2) is 47.1 Å². The molecule has 1 aromatic heterocycles. The number of methoxy groups -OCH3 is 1. The van der Waals surface area contributed by atoms with Crippen LogP contribution in [-0.2, 0) is 27.4 Å². The van der Waals surface area contributed by atoms with Gasteiger partial charge < -0.3 is 19.0 Å². The number of ether oxygens (including phenoxy) is 1. The van der Waals surface area contributed by atoms with Gasteiger partial charge in [0.2, 0.25) is 11.8 Å². The number of furan rings is 1. The molecular formula is C26H37FN2O4. The number of unbranched alkanes of at least 4 members (excludes halogenated alkanes) is 5. The summed E-state index contributed by atoms with van der Waals surface area (Å²) in [5, 5.41) is 0. The molecule has 182 valence electrons. The Morgan fingerprint density at radius 2 is 1.67 bits per heavy atom. The van der Waals surface area contributed by atoms with Gasteiger partial charge in [0.1, 0.15) is 11.6 Å². The molecule has 0 saturated carbocycles. The molecule has 0 fully saturated rings. The zero-order chi connectivity index (χ0) is 23.9. The van der Waals surface area contributed by atoms with Gasteiger partial charge in [-0.15, -0.1) is 0 Å². The normalized spacial score (nSPS) is 10.9. The largest absolute Gasteiger partial charge is 0.467 e. The number of halogens is 1. The highest BCUT2D eigenvalue weighted by Crippen LogP contribution is 2.14. The Bertz CT molecular complexity index is 808.